The van der Waals surface area contributed by atoms with Crippen LogP contribution in [0.15, 0.2) is 0 Å². The summed E-state index contributed by atoms with van der Waals surface area (Å²) < 4.78 is 0. The summed E-state index contributed by atoms with van der Waals surface area (Å²) in [6, 6.07) is 0.739. The molecule has 2 heteroatoms. The van der Waals surface area contributed by atoms with Crippen LogP contribution in [0.25, 0.3) is 0 Å². The first-order valence-corrected chi connectivity index (χ1v) is 5.78. The summed E-state index contributed by atoms with van der Waals surface area (Å²) in [6.07, 6.45) is 7.57. The van der Waals surface area contributed by atoms with Crippen molar-refractivity contribution < 1.29 is 0 Å². The normalized spacial score (nSPS) is 13.2. The molecule has 0 radical (unpaired) electrons. The average Bonchev–Trinajstić information content (AvgIpc) is 2.16. The van der Waals surface area contributed by atoms with Gasteiger partial charge in [-0.15, -0.1) is 0 Å². The molecule has 13 heavy (non-hydrogen) atoms. The fourth-order valence-electron chi connectivity index (χ4n) is 1.55. The van der Waals surface area contributed by atoms with E-state index in [-0.39, 0.29) is 0 Å². The van der Waals surface area contributed by atoms with Gasteiger partial charge in [0.25, 0.3) is 0 Å². The third-order valence-electron chi connectivity index (χ3n) is 2.44. The minimum atomic E-state index is 0.739. The zero-order valence-corrected chi connectivity index (χ0v) is 9.31. The van der Waals surface area contributed by atoms with E-state index >= 15 is 0 Å². The van der Waals surface area contributed by atoms with Crippen molar-refractivity contribution in [2.75, 3.05) is 13.1 Å². The molecule has 0 aliphatic rings. The molecular formula is C11H26N2. The smallest absolute Gasteiger partial charge is 0.00643 e. The number of unbranched alkanes of at least 4 members (excludes halogenated alkanes) is 2. The van der Waals surface area contributed by atoms with Gasteiger partial charge in [0.15, 0.2) is 0 Å². The van der Waals surface area contributed by atoms with E-state index in [0.29, 0.717) is 0 Å². The van der Waals surface area contributed by atoms with Crippen molar-refractivity contribution in [2.24, 2.45) is 5.73 Å². The zero-order chi connectivity index (χ0) is 9.94. The molecule has 0 saturated heterocycles. The van der Waals surface area contributed by atoms with Gasteiger partial charge in [-0.2, -0.15) is 0 Å². The number of rotatable bonds is 9. The Bertz CT molecular complexity index is 94.1. The summed E-state index contributed by atoms with van der Waals surface area (Å²) in [6.45, 7) is 6.51. The minimum absolute atomic E-state index is 0.739. The lowest BCUT2D eigenvalue weighted by Crippen LogP contribution is -2.29. The van der Waals surface area contributed by atoms with Gasteiger partial charge in [-0.1, -0.05) is 26.7 Å². The van der Waals surface area contributed by atoms with Gasteiger partial charge in [-0.3, -0.25) is 0 Å². The molecule has 0 saturated carbocycles. The van der Waals surface area contributed by atoms with Gasteiger partial charge in [0.1, 0.15) is 0 Å². The predicted octanol–water partition coefficient (Wildman–Crippen LogP) is 2.28. The Morgan fingerprint density at radius 3 is 2.46 bits per heavy atom. The molecule has 3 N–H and O–H groups in total. The summed E-state index contributed by atoms with van der Waals surface area (Å²) in [5.74, 6) is 0. The van der Waals surface area contributed by atoms with Crippen LogP contribution in [0.2, 0.25) is 0 Å². The lowest BCUT2D eigenvalue weighted by atomic mass is 10.1. The van der Waals surface area contributed by atoms with Crippen LogP contribution < -0.4 is 11.1 Å². The highest BCUT2D eigenvalue weighted by Crippen LogP contribution is 2.01. The predicted molar refractivity (Wildman–Crippen MR) is 59.9 cm³/mol. The van der Waals surface area contributed by atoms with Crippen LogP contribution in [0.5, 0.6) is 0 Å². The van der Waals surface area contributed by atoms with Gasteiger partial charge < -0.3 is 11.1 Å². The highest BCUT2D eigenvalue weighted by molar-refractivity contribution is 4.63. The Balaban J connectivity index is 3.17. The van der Waals surface area contributed by atoms with Gasteiger partial charge in [0.05, 0.1) is 0 Å². The Labute approximate surface area is 83.3 Å². The van der Waals surface area contributed by atoms with Crippen LogP contribution >= 0.6 is 0 Å². The summed E-state index contributed by atoms with van der Waals surface area (Å²) in [4.78, 5) is 0. The lowest BCUT2D eigenvalue weighted by molar-refractivity contribution is 0.453. The van der Waals surface area contributed by atoms with Crippen LogP contribution in [-0.2, 0) is 0 Å². The quantitative estimate of drug-likeness (QED) is 0.542. The third-order valence-corrected chi connectivity index (χ3v) is 2.44. The summed E-state index contributed by atoms with van der Waals surface area (Å²) in [5, 5.41) is 3.59. The maximum atomic E-state index is 5.42. The largest absolute Gasteiger partial charge is 0.330 e. The van der Waals surface area contributed by atoms with Crippen molar-refractivity contribution in [3.8, 4) is 0 Å². The first-order valence-electron chi connectivity index (χ1n) is 5.78. The van der Waals surface area contributed by atoms with E-state index in [1.54, 1.807) is 0 Å². The topological polar surface area (TPSA) is 38.0 Å². The van der Waals surface area contributed by atoms with E-state index < -0.39 is 0 Å². The van der Waals surface area contributed by atoms with Gasteiger partial charge in [-0.25, -0.2) is 0 Å². The Morgan fingerprint density at radius 2 is 1.92 bits per heavy atom. The van der Waals surface area contributed by atoms with Gasteiger partial charge >= 0.3 is 0 Å². The average molecular weight is 186 g/mol. The van der Waals surface area contributed by atoms with Crippen molar-refractivity contribution in [1.29, 1.82) is 0 Å². The fraction of sp³-hybridized carbons (Fsp3) is 1.00. The molecule has 1 unspecified atom stereocenters. The highest BCUT2D eigenvalue weighted by atomic mass is 14.9. The Morgan fingerprint density at radius 1 is 1.15 bits per heavy atom. The molecular weight excluding hydrogens is 160 g/mol. The molecule has 0 amide bonds. The molecule has 0 fully saturated rings. The molecule has 0 heterocycles. The highest BCUT2D eigenvalue weighted by Gasteiger charge is 2.02. The third kappa shape index (κ3) is 8.26. The fourth-order valence-corrected chi connectivity index (χ4v) is 1.55. The van der Waals surface area contributed by atoms with Crippen molar-refractivity contribution >= 4 is 0 Å². The van der Waals surface area contributed by atoms with Crippen LogP contribution in [0.4, 0.5) is 0 Å². The van der Waals surface area contributed by atoms with Crippen LogP contribution in [0.1, 0.15) is 52.4 Å². The molecule has 80 valence electrons. The second-order valence-corrected chi connectivity index (χ2v) is 3.70. The van der Waals surface area contributed by atoms with Crippen molar-refractivity contribution in [1.82, 2.24) is 5.32 Å². The van der Waals surface area contributed by atoms with Gasteiger partial charge in [0, 0.05) is 6.04 Å². The van der Waals surface area contributed by atoms with E-state index in [2.05, 4.69) is 19.2 Å². The molecule has 0 rings (SSSR count). The van der Waals surface area contributed by atoms with E-state index in [1.807, 2.05) is 0 Å². The van der Waals surface area contributed by atoms with Crippen molar-refractivity contribution in [3.05, 3.63) is 0 Å². The van der Waals surface area contributed by atoms with Crippen LogP contribution in [0, 0.1) is 0 Å². The van der Waals surface area contributed by atoms with Crippen LogP contribution in [-0.4, -0.2) is 19.1 Å². The van der Waals surface area contributed by atoms with Crippen molar-refractivity contribution in [3.63, 3.8) is 0 Å². The first kappa shape index (κ1) is 12.9. The second kappa shape index (κ2) is 10.0. The minimum Gasteiger partial charge on any atom is -0.330 e. The molecule has 0 aliphatic carbocycles. The molecule has 0 spiro atoms. The van der Waals surface area contributed by atoms with Crippen molar-refractivity contribution in [2.45, 2.75) is 58.4 Å². The van der Waals surface area contributed by atoms with E-state index in [0.717, 1.165) is 12.6 Å². The number of nitrogens with one attached hydrogen (secondary N) is 1. The van der Waals surface area contributed by atoms with E-state index in [4.69, 9.17) is 5.73 Å². The number of hydrogen-bond donors (Lipinski definition) is 2. The summed E-state index contributed by atoms with van der Waals surface area (Å²) >= 11 is 0. The lowest BCUT2D eigenvalue weighted by Gasteiger charge is -2.15. The second-order valence-electron chi connectivity index (χ2n) is 3.70. The maximum Gasteiger partial charge on any atom is 0.00643 e. The number of nitrogens with two attached hydrogens (primary N) is 1. The SMILES string of the molecule is CCCC(CC)NCCCCCN. The van der Waals surface area contributed by atoms with Gasteiger partial charge in [0.2, 0.25) is 0 Å². The molecule has 2 nitrogen and oxygen atoms in total. The van der Waals surface area contributed by atoms with Crippen LogP contribution in [0.3, 0.4) is 0 Å². The Kier molecular flexibility index (Phi) is 9.94. The Hall–Kier alpha value is -0.0800. The molecule has 1 atom stereocenters. The van der Waals surface area contributed by atoms with E-state index in [1.165, 1.54) is 45.1 Å². The molecule has 0 aromatic heterocycles. The molecule has 0 aromatic carbocycles. The summed E-state index contributed by atoms with van der Waals surface area (Å²) in [7, 11) is 0. The zero-order valence-electron chi connectivity index (χ0n) is 9.31. The molecule has 0 aromatic rings. The van der Waals surface area contributed by atoms with E-state index in [9.17, 15) is 0 Å². The summed E-state index contributed by atoms with van der Waals surface area (Å²) in [5.41, 5.74) is 5.42. The molecule has 0 aliphatic heterocycles. The maximum absolute atomic E-state index is 5.42. The van der Waals surface area contributed by atoms with Gasteiger partial charge in [-0.05, 0) is 38.8 Å². The monoisotopic (exact) mass is 186 g/mol. The standard InChI is InChI=1S/C11H26N2/c1-3-8-11(4-2)13-10-7-5-6-9-12/h11,13H,3-10,12H2,1-2H3. The first-order chi connectivity index (χ1) is 6.35. The number of hydrogen-bond acceptors (Lipinski definition) is 2. The molecule has 0 bridgehead atoms.